The van der Waals surface area contributed by atoms with Crippen LogP contribution in [0.2, 0.25) is 5.02 Å². The van der Waals surface area contributed by atoms with Gasteiger partial charge in [0.05, 0.1) is 4.91 Å². The highest BCUT2D eigenvalue weighted by Crippen LogP contribution is 2.33. The molecule has 0 spiro atoms. The summed E-state index contributed by atoms with van der Waals surface area (Å²) in [6.45, 7) is 0.525. The van der Waals surface area contributed by atoms with Crippen molar-refractivity contribution in [2.45, 2.75) is 25.7 Å². The van der Waals surface area contributed by atoms with Gasteiger partial charge in [-0.1, -0.05) is 54.1 Å². The van der Waals surface area contributed by atoms with Crippen molar-refractivity contribution in [3.63, 3.8) is 0 Å². The van der Waals surface area contributed by atoms with Crippen LogP contribution in [-0.4, -0.2) is 32.7 Å². The number of unbranched alkanes of at least 4 members (excludes halogenated alkanes) is 2. The molecule has 0 bridgehead atoms. The van der Waals surface area contributed by atoms with Crippen molar-refractivity contribution in [1.82, 2.24) is 4.90 Å². The first-order valence-electron chi connectivity index (χ1n) is 7.20. The fourth-order valence-electron chi connectivity index (χ4n) is 2.16. The summed E-state index contributed by atoms with van der Waals surface area (Å²) in [5, 5.41) is 9.22. The summed E-state index contributed by atoms with van der Waals surface area (Å²) in [5.41, 5.74) is 0.861. The first kappa shape index (κ1) is 18.0. The molecule has 1 amide bonds. The van der Waals surface area contributed by atoms with E-state index in [1.807, 2.05) is 12.1 Å². The Morgan fingerprint density at radius 1 is 1.35 bits per heavy atom. The van der Waals surface area contributed by atoms with Crippen LogP contribution in [0.15, 0.2) is 29.2 Å². The van der Waals surface area contributed by atoms with Gasteiger partial charge in [-0.3, -0.25) is 14.5 Å². The lowest BCUT2D eigenvalue weighted by Crippen LogP contribution is -2.29. The molecule has 23 heavy (non-hydrogen) atoms. The number of nitrogens with zero attached hydrogens (tertiary/aromatic N) is 1. The molecule has 4 nitrogen and oxygen atoms in total. The minimum absolute atomic E-state index is 0.0989. The van der Waals surface area contributed by atoms with E-state index in [2.05, 4.69) is 0 Å². The monoisotopic (exact) mass is 369 g/mol. The lowest BCUT2D eigenvalue weighted by Gasteiger charge is -2.13. The number of hydrogen-bond acceptors (Lipinski definition) is 4. The predicted octanol–water partition coefficient (Wildman–Crippen LogP) is 4.19. The first-order chi connectivity index (χ1) is 11.0. The Morgan fingerprint density at radius 2 is 2.13 bits per heavy atom. The molecule has 1 aromatic rings. The maximum Gasteiger partial charge on any atom is 0.303 e. The average Bonchev–Trinajstić information content (AvgIpc) is 2.74. The van der Waals surface area contributed by atoms with Crippen LogP contribution in [0.4, 0.5) is 0 Å². The molecule has 0 unspecified atom stereocenters. The molecule has 1 N–H and O–H groups in total. The first-order valence-corrected chi connectivity index (χ1v) is 8.80. The molecule has 1 fully saturated rings. The normalized spacial score (nSPS) is 16.4. The number of carboxylic acid groups (broad SMARTS) is 1. The van der Waals surface area contributed by atoms with Gasteiger partial charge in [-0.15, -0.1) is 0 Å². The van der Waals surface area contributed by atoms with Gasteiger partial charge in [0.15, 0.2) is 0 Å². The van der Waals surface area contributed by atoms with Crippen LogP contribution >= 0.6 is 35.6 Å². The second-order valence-corrected chi connectivity index (χ2v) is 7.20. The van der Waals surface area contributed by atoms with Crippen molar-refractivity contribution in [3.8, 4) is 0 Å². The Hall–Kier alpha value is -1.37. The van der Waals surface area contributed by atoms with E-state index in [4.69, 9.17) is 28.9 Å². The molecule has 1 aromatic carbocycles. The van der Waals surface area contributed by atoms with Crippen LogP contribution in [0.25, 0.3) is 6.08 Å². The van der Waals surface area contributed by atoms with Gasteiger partial charge in [0.25, 0.3) is 5.91 Å². The predicted molar refractivity (Wildman–Crippen MR) is 97.4 cm³/mol. The number of carbonyl (C=O) groups is 2. The van der Waals surface area contributed by atoms with Crippen LogP contribution in [0, 0.1) is 0 Å². The molecule has 0 atom stereocenters. The van der Waals surface area contributed by atoms with Crippen molar-refractivity contribution in [3.05, 3.63) is 39.8 Å². The Labute approximate surface area is 149 Å². The SMILES string of the molecule is O=C(O)CCCCCN1C(=O)C(=Cc2cccc(Cl)c2)SC1=S. The lowest BCUT2D eigenvalue weighted by atomic mass is 10.2. The average molecular weight is 370 g/mol. The van der Waals surface area contributed by atoms with Crippen LogP contribution in [-0.2, 0) is 9.59 Å². The zero-order valence-corrected chi connectivity index (χ0v) is 14.7. The number of benzene rings is 1. The number of carbonyl (C=O) groups excluding carboxylic acids is 1. The zero-order chi connectivity index (χ0) is 16.8. The van der Waals surface area contributed by atoms with Crippen LogP contribution in [0.1, 0.15) is 31.2 Å². The quantitative estimate of drug-likeness (QED) is 0.443. The number of halogens is 1. The molecule has 1 aliphatic heterocycles. The van der Waals surface area contributed by atoms with E-state index in [9.17, 15) is 9.59 Å². The number of aliphatic carboxylic acids is 1. The second-order valence-electron chi connectivity index (χ2n) is 5.09. The van der Waals surface area contributed by atoms with Gasteiger partial charge in [-0.2, -0.15) is 0 Å². The number of amides is 1. The minimum Gasteiger partial charge on any atom is -0.481 e. The van der Waals surface area contributed by atoms with Crippen molar-refractivity contribution >= 4 is 57.9 Å². The van der Waals surface area contributed by atoms with Gasteiger partial charge < -0.3 is 5.11 Å². The van der Waals surface area contributed by atoms with Gasteiger partial charge in [-0.05, 0) is 36.6 Å². The largest absolute Gasteiger partial charge is 0.481 e. The maximum atomic E-state index is 12.4. The van der Waals surface area contributed by atoms with Crippen molar-refractivity contribution in [2.75, 3.05) is 6.54 Å². The summed E-state index contributed by atoms with van der Waals surface area (Å²) >= 11 is 12.5. The Bertz CT molecular complexity index is 660. The van der Waals surface area contributed by atoms with Crippen molar-refractivity contribution < 1.29 is 14.7 Å². The molecule has 0 radical (unpaired) electrons. The third-order valence-corrected chi connectivity index (χ3v) is 4.91. The zero-order valence-electron chi connectivity index (χ0n) is 12.3. The van der Waals surface area contributed by atoms with Gasteiger partial charge >= 0.3 is 5.97 Å². The molecular weight excluding hydrogens is 354 g/mol. The summed E-state index contributed by atoms with van der Waals surface area (Å²) in [4.78, 5) is 25.0. The van der Waals surface area contributed by atoms with E-state index < -0.39 is 5.97 Å². The number of hydrogen-bond donors (Lipinski definition) is 1. The Balaban J connectivity index is 1.93. The summed E-state index contributed by atoms with van der Waals surface area (Å²) in [7, 11) is 0. The number of carboxylic acids is 1. The van der Waals surface area contributed by atoms with Crippen LogP contribution < -0.4 is 0 Å². The van der Waals surface area contributed by atoms with Crippen molar-refractivity contribution in [1.29, 1.82) is 0 Å². The minimum atomic E-state index is -0.792. The van der Waals surface area contributed by atoms with E-state index in [1.165, 1.54) is 11.8 Å². The third kappa shape index (κ3) is 5.34. The molecule has 0 aromatic heterocycles. The smallest absolute Gasteiger partial charge is 0.303 e. The number of thiocarbonyl (C=S) groups is 1. The molecular formula is C16H16ClNO3S2. The Morgan fingerprint density at radius 3 is 2.83 bits per heavy atom. The maximum absolute atomic E-state index is 12.4. The van der Waals surface area contributed by atoms with E-state index in [-0.39, 0.29) is 12.3 Å². The molecule has 122 valence electrons. The van der Waals surface area contributed by atoms with Gasteiger partial charge in [0, 0.05) is 18.0 Å². The second kappa shape index (κ2) is 8.47. The van der Waals surface area contributed by atoms with Crippen molar-refractivity contribution in [2.24, 2.45) is 0 Å². The fourth-order valence-corrected chi connectivity index (χ4v) is 3.67. The van der Waals surface area contributed by atoms with Crippen LogP contribution in [0.3, 0.4) is 0 Å². The summed E-state index contributed by atoms with van der Waals surface area (Å²) in [5.74, 6) is -0.890. The van der Waals surface area contributed by atoms with Crippen LogP contribution in [0.5, 0.6) is 0 Å². The summed E-state index contributed by atoms with van der Waals surface area (Å²) in [6.07, 6.45) is 4.06. The standard InChI is InChI=1S/C16H16ClNO3S2/c17-12-6-4-5-11(9-12)10-13-15(21)18(16(22)23-13)8-3-1-2-7-14(19)20/h4-6,9-10H,1-3,7-8H2,(H,19,20). The molecule has 1 aliphatic rings. The van der Waals surface area contributed by atoms with Gasteiger partial charge in [0.2, 0.25) is 0 Å². The molecule has 1 saturated heterocycles. The van der Waals surface area contributed by atoms with Gasteiger partial charge in [-0.25, -0.2) is 0 Å². The highest BCUT2D eigenvalue weighted by atomic mass is 35.5. The highest BCUT2D eigenvalue weighted by molar-refractivity contribution is 8.26. The molecule has 2 rings (SSSR count). The molecule has 0 saturated carbocycles. The number of rotatable bonds is 7. The molecule has 1 heterocycles. The topological polar surface area (TPSA) is 57.6 Å². The number of thioether (sulfide) groups is 1. The van der Waals surface area contributed by atoms with Gasteiger partial charge in [0.1, 0.15) is 4.32 Å². The van der Waals surface area contributed by atoms with E-state index in [1.54, 1.807) is 23.1 Å². The highest BCUT2D eigenvalue weighted by Gasteiger charge is 2.31. The molecule has 0 aliphatic carbocycles. The summed E-state index contributed by atoms with van der Waals surface area (Å²) in [6, 6.07) is 7.28. The lowest BCUT2D eigenvalue weighted by molar-refractivity contribution is -0.137. The summed E-state index contributed by atoms with van der Waals surface area (Å²) < 4.78 is 0.543. The van der Waals surface area contributed by atoms with E-state index in [0.29, 0.717) is 27.2 Å². The van der Waals surface area contributed by atoms with E-state index >= 15 is 0 Å². The Kier molecular flexibility index (Phi) is 6.62. The van der Waals surface area contributed by atoms with E-state index in [0.717, 1.165) is 18.4 Å². The molecule has 7 heteroatoms. The third-order valence-electron chi connectivity index (χ3n) is 3.29. The fraction of sp³-hybridized carbons (Fsp3) is 0.312.